The molecule has 0 aromatic carbocycles. The lowest BCUT2D eigenvalue weighted by molar-refractivity contribution is -0.652. The second-order valence-corrected chi connectivity index (χ2v) is 26.7. The molecule has 0 aromatic rings. The SMILES string of the molecule is C=CC(=O)OCCCOC1(C(C)(C)C2(OCCCOC(=O)C=C)C(OCC)(OCC)C(OCCC)(OCCC)C(C)(OCCC)C(OCCC)(OCCC)C2(OCCC)OCCC)C(OCC)(OCC)C(OCCC)(OCCC)C(C)(OCCC)C(OCCC)(OCCC)C1(OCCC)OCCC. The molecular formula is C79H148O24. The van der Waals surface area contributed by atoms with Gasteiger partial charge in [-0.3, -0.25) is 0 Å². The van der Waals surface area contributed by atoms with Crippen LogP contribution in [0.15, 0.2) is 25.3 Å². The van der Waals surface area contributed by atoms with Crippen molar-refractivity contribution in [2.24, 2.45) is 5.41 Å². The molecule has 0 N–H and O–H groups in total. The number of esters is 2. The van der Waals surface area contributed by atoms with E-state index in [1.54, 1.807) is 0 Å². The minimum absolute atomic E-state index is 0.0338. The molecule has 608 valence electrons. The van der Waals surface area contributed by atoms with E-state index >= 15 is 0 Å². The van der Waals surface area contributed by atoms with E-state index in [-0.39, 0.29) is 158 Å². The van der Waals surface area contributed by atoms with Crippen LogP contribution in [-0.4, -0.2) is 226 Å². The lowest BCUT2D eigenvalue weighted by Gasteiger charge is -2.81. The third-order valence-electron chi connectivity index (χ3n) is 18.6. The predicted molar refractivity (Wildman–Crippen MR) is 395 cm³/mol. The average molecular weight is 1480 g/mol. The van der Waals surface area contributed by atoms with Gasteiger partial charge < -0.3 is 104 Å². The highest BCUT2D eigenvalue weighted by molar-refractivity contribution is 5.81. The summed E-state index contributed by atoms with van der Waals surface area (Å²) in [6.45, 7) is 47.6. The fraction of sp³-hybridized carbons (Fsp3) is 0.924. The van der Waals surface area contributed by atoms with Crippen LogP contribution in [0.25, 0.3) is 0 Å². The largest absolute Gasteiger partial charge is 0.462 e. The van der Waals surface area contributed by atoms with Gasteiger partial charge in [-0.25, -0.2) is 9.59 Å². The molecule has 0 radical (unpaired) electrons. The van der Waals surface area contributed by atoms with Crippen molar-refractivity contribution in [3.8, 4) is 0 Å². The van der Waals surface area contributed by atoms with E-state index in [9.17, 15) is 9.59 Å². The first-order valence-corrected chi connectivity index (χ1v) is 39.9. The maximum atomic E-state index is 13.4. The fourth-order valence-corrected chi connectivity index (χ4v) is 15.2. The molecule has 2 rings (SSSR count). The molecule has 2 fully saturated rings. The van der Waals surface area contributed by atoms with E-state index in [0.717, 1.165) is 12.2 Å². The Balaban J connectivity index is 4.96. The van der Waals surface area contributed by atoms with Crippen molar-refractivity contribution < 1.29 is 114 Å². The lowest BCUT2D eigenvalue weighted by atomic mass is 9.42. The lowest BCUT2D eigenvalue weighted by Crippen LogP contribution is -3.06. The molecule has 0 aromatic heterocycles. The van der Waals surface area contributed by atoms with Gasteiger partial charge >= 0.3 is 11.9 Å². The fourth-order valence-electron chi connectivity index (χ4n) is 15.2. The minimum atomic E-state index is -2.88. The summed E-state index contributed by atoms with van der Waals surface area (Å²) in [6, 6.07) is 0. The van der Waals surface area contributed by atoms with Crippen LogP contribution in [0.4, 0.5) is 0 Å². The van der Waals surface area contributed by atoms with Gasteiger partial charge in [-0.2, -0.15) is 0 Å². The van der Waals surface area contributed by atoms with Crippen molar-refractivity contribution in [3.63, 3.8) is 0 Å². The first kappa shape index (κ1) is 96.7. The highest BCUT2D eigenvalue weighted by Crippen LogP contribution is 2.79. The van der Waals surface area contributed by atoms with Gasteiger partial charge in [0.05, 0.1) is 106 Å². The van der Waals surface area contributed by atoms with Crippen molar-refractivity contribution in [1.29, 1.82) is 0 Å². The molecule has 0 bridgehead atoms. The maximum absolute atomic E-state index is 13.4. The number of ether oxygens (including phenoxy) is 22. The summed E-state index contributed by atoms with van der Waals surface area (Å²) in [5.41, 5.74) is -12.6. The first-order chi connectivity index (χ1) is 49.5. The maximum Gasteiger partial charge on any atom is 0.330 e. The van der Waals surface area contributed by atoms with E-state index < -0.39 is 86.1 Å². The van der Waals surface area contributed by atoms with Crippen LogP contribution in [0, 0.1) is 5.41 Å². The van der Waals surface area contributed by atoms with Gasteiger partial charge in [0.1, 0.15) is 0 Å². The van der Waals surface area contributed by atoms with Gasteiger partial charge in [-0.05, 0) is 131 Å². The normalized spacial score (nSPS) is 23.5. The monoisotopic (exact) mass is 1480 g/mol. The molecule has 0 spiro atoms. The number of hydrogen-bond donors (Lipinski definition) is 0. The quantitative estimate of drug-likeness (QED) is 0.0238. The molecule has 2 saturated carbocycles. The van der Waals surface area contributed by atoms with Gasteiger partial charge in [-0.15, -0.1) is 0 Å². The van der Waals surface area contributed by atoms with Crippen molar-refractivity contribution in [2.45, 2.75) is 324 Å². The molecular weight excluding hydrogens is 1330 g/mol. The molecule has 0 amide bonds. The molecule has 0 aliphatic heterocycles. The van der Waals surface area contributed by atoms with Crippen LogP contribution in [-0.2, 0) is 114 Å². The third-order valence-corrected chi connectivity index (χ3v) is 18.6. The van der Waals surface area contributed by atoms with Crippen LogP contribution < -0.4 is 0 Å². The Morgan fingerprint density at radius 2 is 0.427 bits per heavy atom. The Morgan fingerprint density at radius 1 is 0.252 bits per heavy atom. The van der Waals surface area contributed by atoms with Crippen LogP contribution in [0.2, 0.25) is 0 Å². The van der Waals surface area contributed by atoms with Gasteiger partial charge in [0.15, 0.2) is 22.4 Å². The summed E-state index contributed by atoms with van der Waals surface area (Å²) in [5.74, 6) is -22.5. The number of hydrogen-bond acceptors (Lipinski definition) is 24. The molecule has 2 aliphatic rings. The molecule has 0 saturated heterocycles. The van der Waals surface area contributed by atoms with Gasteiger partial charge in [0, 0.05) is 70.0 Å². The van der Waals surface area contributed by atoms with E-state index in [4.69, 9.17) is 104 Å². The molecule has 24 nitrogen and oxygen atoms in total. The zero-order valence-corrected chi connectivity index (χ0v) is 68.7. The van der Waals surface area contributed by atoms with Crippen LogP contribution in [0.5, 0.6) is 0 Å². The van der Waals surface area contributed by atoms with Crippen LogP contribution in [0.1, 0.15) is 255 Å². The summed E-state index contributed by atoms with van der Waals surface area (Å²) in [7, 11) is 0. The second kappa shape index (κ2) is 47.0. The highest BCUT2D eigenvalue weighted by atomic mass is 16.9. The Bertz CT molecular complexity index is 2110. The van der Waals surface area contributed by atoms with Crippen molar-refractivity contribution in [1.82, 2.24) is 0 Å². The van der Waals surface area contributed by atoms with Gasteiger partial charge in [-0.1, -0.05) is 124 Å². The zero-order valence-electron chi connectivity index (χ0n) is 68.7. The Hall–Kier alpha value is -2.38. The molecule has 24 heteroatoms. The molecule has 4 unspecified atom stereocenters. The number of rotatable bonds is 64. The van der Waals surface area contributed by atoms with Crippen molar-refractivity contribution in [3.05, 3.63) is 25.3 Å². The number of carbonyl (C=O) groups excluding carboxylic acids is 2. The summed E-state index contributed by atoms with van der Waals surface area (Å²) < 4.78 is 175. The van der Waals surface area contributed by atoms with Crippen LogP contribution in [0.3, 0.4) is 0 Å². The van der Waals surface area contributed by atoms with Crippen molar-refractivity contribution >= 4 is 11.9 Å². The highest BCUT2D eigenvalue weighted by Gasteiger charge is 3.05. The Morgan fingerprint density at radius 3 is 0.602 bits per heavy atom. The zero-order chi connectivity index (χ0) is 77.5. The van der Waals surface area contributed by atoms with E-state index in [1.807, 2.05) is 152 Å². The molecule has 2 aliphatic carbocycles. The van der Waals surface area contributed by atoms with Crippen molar-refractivity contribution in [2.75, 3.05) is 145 Å². The molecule has 4 atom stereocenters. The third kappa shape index (κ3) is 17.7. The minimum Gasteiger partial charge on any atom is -0.462 e. The number of carbonyl (C=O) groups is 2. The standard InChI is InChI=1S/C79H148O24/c1-25-47-88-68(23)72(92-49-27-3,93-50-28-4)76(84-41-17,85-42-18)70(90-63-45-61-82-65(80)39-15,78(100-57-35-11,101-58-36-12)74(68,96-53-31-7)97-54-32-8)67(21,22)71(91-64-46-62-83-66(81)40-16)77(86-43-19,87-44-20)73(94-51-29-5,95-52-30-6)69(24,89-48-26-2)75(98-55-33-9,99-56-34-10)79(71,102-59-37-13)103-60-38-14/h39-40H,15-16,25-38,41-64H2,1-14,17-24H3. The van der Waals surface area contributed by atoms with Gasteiger partial charge in [0.2, 0.25) is 0 Å². The first-order valence-electron chi connectivity index (χ1n) is 39.9. The predicted octanol–water partition coefficient (Wildman–Crippen LogP) is 15.0. The van der Waals surface area contributed by atoms with E-state index in [1.165, 1.54) is 0 Å². The topological polar surface area (TPSA) is 237 Å². The van der Waals surface area contributed by atoms with Gasteiger partial charge in [0.25, 0.3) is 46.3 Å². The summed E-state index contributed by atoms with van der Waals surface area (Å²) >= 11 is 0. The summed E-state index contributed by atoms with van der Waals surface area (Å²) in [6.07, 6.45) is 7.64. The summed E-state index contributed by atoms with van der Waals surface area (Å²) in [4.78, 5) is 26.7. The second-order valence-electron chi connectivity index (χ2n) is 26.7. The molecule has 0 heterocycles. The van der Waals surface area contributed by atoms with Crippen LogP contribution >= 0.6 is 0 Å². The smallest absolute Gasteiger partial charge is 0.330 e. The molecule has 103 heavy (non-hydrogen) atoms. The average Bonchev–Trinajstić information content (AvgIpc) is 0.611. The summed E-state index contributed by atoms with van der Waals surface area (Å²) in [5, 5.41) is 0. The Kier molecular flexibility index (Phi) is 44.1. The van der Waals surface area contributed by atoms with E-state index in [2.05, 4.69) is 13.2 Å². The van der Waals surface area contributed by atoms with E-state index in [0.29, 0.717) is 89.9 Å². The Labute approximate surface area is 623 Å².